The van der Waals surface area contributed by atoms with Crippen LogP contribution in [-0.4, -0.2) is 13.0 Å². The monoisotopic (exact) mass is 470 g/mol. The predicted octanol–water partition coefficient (Wildman–Crippen LogP) is 3.66. The van der Waals surface area contributed by atoms with Crippen LogP contribution >= 0.6 is 0 Å². The molecular weight excluding hydrogens is 435 g/mol. The van der Waals surface area contributed by atoms with Crippen LogP contribution in [0.2, 0.25) is 0 Å². The van der Waals surface area contributed by atoms with E-state index >= 15 is 0 Å². The normalized spacial score (nSPS) is 11.2. The third-order valence-electron chi connectivity index (χ3n) is 5.41. The molecule has 0 heterocycles. The minimum Gasteiger partial charge on any atom is -0.870 e. The van der Waals surface area contributed by atoms with Crippen molar-refractivity contribution in [2.75, 3.05) is 0 Å². The summed E-state index contributed by atoms with van der Waals surface area (Å²) < 4.78 is 37.3. The molecule has 2 rings (SSSR count). The molecule has 0 spiro atoms. The molecule has 2 aromatic rings. The van der Waals surface area contributed by atoms with Crippen LogP contribution in [0, 0.1) is 0 Å². The maximum Gasteiger partial charge on any atom is 1.00 e. The molecule has 0 unspecified atom stereocenters. The second kappa shape index (κ2) is 15.7. The Bertz CT molecular complexity index is 899. The summed E-state index contributed by atoms with van der Waals surface area (Å²) in [4.78, 5) is -0.269. The molecule has 172 valence electrons. The van der Waals surface area contributed by atoms with E-state index in [0.29, 0.717) is 0 Å². The fourth-order valence-corrected chi connectivity index (χ4v) is 4.12. The van der Waals surface area contributed by atoms with Crippen molar-refractivity contribution in [3.05, 3.63) is 48.0 Å². The third kappa shape index (κ3) is 11.2. The van der Waals surface area contributed by atoms with Gasteiger partial charge in [-0.15, -0.1) is 0 Å². The molecule has 7 heteroatoms. The summed E-state index contributed by atoms with van der Waals surface area (Å²) in [6.07, 6.45) is 15.0. The van der Waals surface area contributed by atoms with Crippen LogP contribution in [0.25, 0.3) is 0 Å². The van der Waals surface area contributed by atoms with Crippen molar-refractivity contribution in [1.82, 2.24) is 0 Å². The van der Waals surface area contributed by atoms with Crippen molar-refractivity contribution >= 4 is 10.1 Å². The quantitative estimate of drug-likeness (QED) is 0.244. The van der Waals surface area contributed by atoms with Gasteiger partial charge < -0.3 is 9.84 Å². The average Bonchev–Trinajstić information content (AvgIpc) is 2.74. The maximum absolute atomic E-state index is 12.1. The Labute approximate surface area is 215 Å². The number of ether oxygens (including phenoxy) is 1. The number of hydrogen-bond donors (Lipinski definition) is 1. The molecule has 2 aromatic carbocycles. The average molecular weight is 471 g/mol. The Balaban J connectivity index is 0.00000512. The number of hydrogen-bond acceptors (Lipinski definition) is 4. The summed E-state index contributed by atoms with van der Waals surface area (Å²) in [6, 6.07) is 10.5. The van der Waals surface area contributed by atoms with Gasteiger partial charge >= 0.3 is 29.6 Å². The second-order valence-electron chi connectivity index (χ2n) is 8.12. The van der Waals surface area contributed by atoms with E-state index in [2.05, 4.69) is 6.92 Å². The van der Waals surface area contributed by atoms with Crippen molar-refractivity contribution in [1.29, 1.82) is 0 Å². The van der Waals surface area contributed by atoms with E-state index in [1.807, 2.05) is 6.07 Å². The number of unbranched alkanes of at least 4 members (excludes halogenated alkanes) is 10. The molecular formula is C25H35NaO5S. The number of benzene rings is 2. The van der Waals surface area contributed by atoms with Gasteiger partial charge in [-0.2, -0.15) is 8.42 Å². The number of rotatable bonds is 15. The topological polar surface area (TPSA) is 86.7 Å². The van der Waals surface area contributed by atoms with Gasteiger partial charge in [-0.3, -0.25) is 4.55 Å². The zero-order chi connectivity index (χ0) is 22.5. The third-order valence-corrected chi connectivity index (χ3v) is 6.26. The minimum atomic E-state index is -4.32. The van der Waals surface area contributed by atoms with Gasteiger partial charge in [-0.05, 0) is 36.6 Å². The van der Waals surface area contributed by atoms with Gasteiger partial charge in [-0.1, -0.05) is 95.1 Å². The predicted molar refractivity (Wildman–Crippen MR) is 122 cm³/mol. The molecule has 0 atom stereocenters. The maximum atomic E-state index is 12.1. The molecule has 5 nitrogen and oxygen atoms in total. The Morgan fingerprint density at radius 1 is 0.844 bits per heavy atom. The van der Waals surface area contributed by atoms with Crippen molar-refractivity contribution in [3.8, 4) is 17.2 Å². The molecule has 0 radical (unpaired) electrons. The largest absolute Gasteiger partial charge is 1.00 e. The van der Waals surface area contributed by atoms with Gasteiger partial charge in [0.05, 0.1) is 4.90 Å². The Morgan fingerprint density at radius 3 is 2.03 bits per heavy atom. The molecule has 0 aliphatic carbocycles. The van der Waals surface area contributed by atoms with E-state index in [9.17, 15) is 13.5 Å². The molecule has 0 aliphatic heterocycles. The van der Waals surface area contributed by atoms with E-state index in [1.165, 1.54) is 88.5 Å². The van der Waals surface area contributed by atoms with Gasteiger partial charge in [0.25, 0.3) is 10.1 Å². The van der Waals surface area contributed by atoms with E-state index < -0.39 is 10.1 Å². The molecule has 0 aromatic heterocycles. The van der Waals surface area contributed by atoms with Crippen LogP contribution in [0.15, 0.2) is 47.4 Å². The minimum absolute atomic E-state index is 0. The van der Waals surface area contributed by atoms with Crippen LogP contribution in [0.3, 0.4) is 0 Å². The zero-order valence-corrected chi connectivity index (χ0v) is 22.3. The van der Waals surface area contributed by atoms with Gasteiger partial charge in [0, 0.05) is 6.07 Å². The van der Waals surface area contributed by atoms with Gasteiger partial charge in [0.15, 0.2) is 0 Å². The van der Waals surface area contributed by atoms with Crippen LogP contribution < -0.4 is 39.4 Å². The summed E-state index contributed by atoms with van der Waals surface area (Å²) in [7, 11) is -4.32. The van der Waals surface area contributed by atoms with Crippen molar-refractivity contribution in [2.24, 2.45) is 0 Å². The molecule has 0 fully saturated rings. The summed E-state index contributed by atoms with van der Waals surface area (Å²) in [6.45, 7) is 2.24. The van der Waals surface area contributed by atoms with Crippen molar-refractivity contribution < 1.29 is 52.4 Å². The molecule has 0 aliphatic rings. The Morgan fingerprint density at radius 2 is 1.44 bits per heavy atom. The van der Waals surface area contributed by atoms with Crippen molar-refractivity contribution in [2.45, 2.75) is 88.9 Å². The first kappa shape index (κ1) is 29.0. The van der Waals surface area contributed by atoms with Gasteiger partial charge in [0.2, 0.25) is 0 Å². The first-order valence-corrected chi connectivity index (χ1v) is 12.9. The molecule has 32 heavy (non-hydrogen) atoms. The summed E-state index contributed by atoms with van der Waals surface area (Å²) >= 11 is 0. The molecule has 0 saturated heterocycles. The summed E-state index contributed by atoms with van der Waals surface area (Å²) in [5.41, 5.74) is 1.02. The zero-order valence-electron chi connectivity index (χ0n) is 19.5. The molecule has 0 saturated carbocycles. The van der Waals surface area contributed by atoms with E-state index in [0.717, 1.165) is 18.4 Å². The standard InChI is InChI=1S/C25H36O5S.Na/c1-2-3-4-5-6-7-8-9-10-11-12-14-21-17-18-24(26)25(19-21)30-22-15-13-16-23(20-22)31(27,28)29;/h13,15-20,26H,2-12,14H2,1H3,(H,27,28,29);/q;+1/p-1. The number of aryl methyl sites for hydroxylation is 1. The Kier molecular flexibility index (Phi) is 14.2. The molecule has 0 bridgehead atoms. The first-order chi connectivity index (χ1) is 14.9. The molecule has 0 amide bonds. The van der Waals surface area contributed by atoms with E-state index in [4.69, 9.17) is 9.29 Å². The van der Waals surface area contributed by atoms with Crippen LogP contribution in [-0.2, 0) is 16.5 Å². The van der Waals surface area contributed by atoms with Crippen LogP contribution in [0.4, 0.5) is 0 Å². The van der Waals surface area contributed by atoms with E-state index in [-0.39, 0.29) is 51.7 Å². The second-order valence-corrected chi connectivity index (χ2v) is 9.54. The summed E-state index contributed by atoms with van der Waals surface area (Å²) in [5.74, 6) is 0.0899. The van der Waals surface area contributed by atoms with Crippen LogP contribution in [0.5, 0.6) is 17.2 Å². The van der Waals surface area contributed by atoms with Crippen molar-refractivity contribution in [3.63, 3.8) is 0 Å². The van der Waals surface area contributed by atoms with Gasteiger partial charge in [0.1, 0.15) is 11.5 Å². The fraction of sp³-hybridized carbons (Fsp3) is 0.520. The molecule has 1 N–H and O–H groups in total. The van der Waals surface area contributed by atoms with Crippen LogP contribution in [0.1, 0.15) is 83.1 Å². The fourth-order valence-electron chi connectivity index (χ4n) is 3.61. The van der Waals surface area contributed by atoms with E-state index in [1.54, 1.807) is 12.1 Å². The SMILES string of the molecule is CCCCCCCCCCCCCc1ccc([O-])c(Oc2cccc(S(=O)(=O)O)c2)c1.[Na+]. The Hall–Kier alpha value is -1.05. The summed E-state index contributed by atoms with van der Waals surface area (Å²) in [5, 5.41) is 12.1. The van der Waals surface area contributed by atoms with Gasteiger partial charge in [-0.25, -0.2) is 0 Å². The first-order valence-electron chi connectivity index (χ1n) is 11.5. The smallest absolute Gasteiger partial charge is 0.870 e.